The molecule has 1 aliphatic heterocycles. The fourth-order valence-electron chi connectivity index (χ4n) is 2.97. The Morgan fingerprint density at radius 3 is 2.89 bits per heavy atom. The second-order valence-electron chi connectivity index (χ2n) is 5.59. The minimum atomic E-state index is 0. The lowest BCUT2D eigenvalue weighted by Gasteiger charge is -2.25. The molecule has 4 nitrogen and oxygen atoms in total. The van der Waals surface area contributed by atoms with Crippen molar-refractivity contribution in [1.82, 2.24) is 20.0 Å². The maximum Gasteiger partial charge on any atom is 0.0524 e. The average Bonchev–Trinajstić information content (AvgIpc) is 2.92. The van der Waals surface area contributed by atoms with Crippen molar-refractivity contribution in [3.63, 3.8) is 0 Å². The molecule has 108 valence electrons. The van der Waals surface area contributed by atoms with Crippen LogP contribution in [0.1, 0.15) is 38.3 Å². The van der Waals surface area contributed by atoms with Gasteiger partial charge >= 0.3 is 0 Å². The molecule has 1 aromatic rings. The largest absolute Gasteiger partial charge is 0.313 e. The van der Waals surface area contributed by atoms with E-state index in [9.17, 15) is 0 Å². The molecule has 1 unspecified atom stereocenters. The van der Waals surface area contributed by atoms with Crippen LogP contribution in [-0.2, 0) is 13.1 Å². The molecule has 2 fully saturated rings. The molecule has 2 heterocycles. The van der Waals surface area contributed by atoms with Gasteiger partial charge in [-0.15, -0.1) is 12.4 Å². The van der Waals surface area contributed by atoms with E-state index in [0.29, 0.717) is 6.04 Å². The first kappa shape index (κ1) is 14.8. The highest BCUT2D eigenvalue weighted by molar-refractivity contribution is 5.85. The summed E-state index contributed by atoms with van der Waals surface area (Å²) in [5.41, 5.74) is 1.36. The van der Waals surface area contributed by atoms with Crippen molar-refractivity contribution in [1.29, 1.82) is 0 Å². The van der Waals surface area contributed by atoms with Crippen LogP contribution in [0.15, 0.2) is 12.3 Å². The van der Waals surface area contributed by atoms with E-state index in [1.807, 2.05) is 6.20 Å². The molecule has 19 heavy (non-hydrogen) atoms. The van der Waals surface area contributed by atoms with Crippen molar-refractivity contribution in [2.24, 2.45) is 0 Å². The molecule has 5 heteroatoms. The first-order chi connectivity index (χ1) is 8.86. The Bertz CT molecular complexity index is 383. The highest BCUT2D eigenvalue weighted by atomic mass is 35.5. The van der Waals surface area contributed by atoms with E-state index < -0.39 is 0 Å². The third kappa shape index (κ3) is 3.71. The lowest BCUT2D eigenvalue weighted by Crippen LogP contribution is -2.38. The van der Waals surface area contributed by atoms with Gasteiger partial charge in [0.1, 0.15) is 0 Å². The van der Waals surface area contributed by atoms with Crippen LogP contribution >= 0.6 is 12.4 Å². The number of hydrogen-bond donors (Lipinski definition) is 1. The molecule has 1 saturated heterocycles. The van der Waals surface area contributed by atoms with Gasteiger partial charge < -0.3 is 5.32 Å². The van der Waals surface area contributed by atoms with Crippen LogP contribution in [0, 0.1) is 0 Å². The monoisotopic (exact) mass is 284 g/mol. The minimum absolute atomic E-state index is 0. The van der Waals surface area contributed by atoms with Crippen LogP contribution in [0.4, 0.5) is 0 Å². The van der Waals surface area contributed by atoms with Gasteiger partial charge in [0.05, 0.1) is 5.69 Å². The first-order valence-electron chi connectivity index (χ1n) is 7.35. The van der Waals surface area contributed by atoms with E-state index in [4.69, 9.17) is 0 Å². The van der Waals surface area contributed by atoms with E-state index in [1.54, 1.807) is 0 Å². The molecule has 1 aromatic heterocycles. The fraction of sp³-hybridized carbons (Fsp3) is 0.786. The number of nitrogens with zero attached hydrogens (tertiary/aromatic N) is 3. The first-order valence-corrected chi connectivity index (χ1v) is 7.35. The Labute approximate surface area is 122 Å². The van der Waals surface area contributed by atoms with E-state index in [2.05, 4.69) is 33.0 Å². The standard InChI is InChI=1S/C14H24N4.ClH/c1-2-18-14(7-9-16-18)11-17(13-5-6-13)10-12-4-3-8-15-12;/h7,9,12-13,15H,2-6,8,10-11H2,1H3;1H. The molecule has 1 saturated carbocycles. The summed E-state index contributed by atoms with van der Waals surface area (Å²) in [6.07, 6.45) is 7.38. The number of aromatic nitrogens is 2. The zero-order valence-electron chi connectivity index (χ0n) is 11.7. The van der Waals surface area contributed by atoms with Gasteiger partial charge in [-0.05, 0) is 45.2 Å². The van der Waals surface area contributed by atoms with E-state index >= 15 is 0 Å². The lowest BCUT2D eigenvalue weighted by atomic mass is 10.2. The summed E-state index contributed by atoms with van der Waals surface area (Å²) in [5, 5.41) is 7.99. The van der Waals surface area contributed by atoms with Crippen LogP contribution < -0.4 is 5.32 Å². The highest BCUT2D eigenvalue weighted by Crippen LogP contribution is 2.29. The number of nitrogens with one attached hydrogen (secondary N) is 1. The summed E-state index contributed by atoms with van der Waals surface area (Å²) >= 11 is 0. The Morgan fingerprint density at radius 1 is 1.42 bits per heavy atom. The van der Waals surface area contributed by atoms with Crippen molar-refractivity contribution in [3.05, 3.63) is 18.0 Å². The third-order valence-electron chi connectivity index (χ3n) is 4.15. The van der Waals surface area contributed by atoms with Crippen LogP contribution in [0.2, 0.25) is 0 Å². The maximum absolute atomic E-state index is 4.37. The quantitative estimate of drug-likeness (QED) is 0.868. The van der Waals surface area contributed by atoms with Crippen LogP contribution in [0.25, 0.3) is 0 Å². The molecule has 1 aliphatic carbocycles. The Morgan fingerprint density at radius 2 is 2.26 bits per heavy atom. The van der Waals surface area contributed by atoms with Crippen molar-refractivity contribution >= 4 is 12.4 Å². The summed E-state index contributed by atoms with van der Waals surface area (Å²) < 4.78 is 2.12. The Kier molecular flexibility index (Phi) is 5.25. The second kappa shape index (κ2) is 6.73. The van der Waals surface area contributed by atoms with Gasteiger partial charge in [-0.25, -0.2) is 0 Å². The average molecular weight is 285 g/mol. The van der Waals surface area contributed by atoms with Crippen molar-refractivity contribution in [3.8, 4) is 0 Å². The SMILES string of the molecule is CCn1nccc1CN(CC1CCCN1)C1CC1.Cl. The lowest BCUT2D eigenvalue weighted by molar-refractivity contribution is 0.224. The normalized spacial score (nSPS) is 22.7. The number of halogens is 1. The number of rotatable bonds is 6. The summed E-state index contributed by atoms with van der Waals surface area (Å²) in [7, 11) is 0. The van der Waals surface area contributed by atoms with Gasteiger partial charge in [0.15, 0.2) is 0 Å². The molecule has 0 aromatic carbocycles. The highest BCUT2D eigenvalue weighted by Gasteiger charge is 2.31. The molecule has 1 N–H and O–H groups in total. The van der Waals surface area contributed by atoms with Crippen LogP contribution in [0.3, 0.4) is 0 Å². The summed E-state index contributed by atoms with van der Waals surface area (Å²) in [4.78, 5) is 2.66. The van der Waals surface area contributed by atoms with E-state index in [0.717, 1.165) is 19.1 Å². The zero-order chi connectivity index (χ0) is 12.4. The van der Waals surface area contributed by atoms with Gasteiger partial charge in [0.2, 0.25) is 0 Å². The van der Waals surface area contributed by atoms with Gasteiger partial charge in [-0.3, -0.25) is 9.58 Å². The van der Waals surface area contributed by atoms with Gasteiger partial charge in [-0.1, -0.05) is 0 Å². The Balaban J connectivity index is 0.00000133. The molecule has 0 amide bonds. The van der Waals surface area contributed by atoms with Gasteiger partial charge in [0, 0.05) is 37.9 Å². The zero-order valence-corrected chi connectivity index (χ0v) is 12.5. The predicted molar refractivity (Wildman–Crippen MR) is 79.6 cm³/mol. The molecule has 0 spiro atoms. The summed E-state index contributed by atoms with van der Waals surface area (Å²) in [5.74, 6) is 0. The minimum Gasteiger partial charge on any atom is -0.313 e. The molecule has 0 radical (unpaired) electrons. The molecule has 0 bridgehead atoms. The molecular weight excluding hydrogens is 260 g/mol. The van der Waals surface area contributed by atoms with E-state index in [1.165, 1.54) is 44.5 Å². The van der Waals surface area contributed by atoms with E-state index in [-0.39, 0.29) is 12.4 Å². The van der Waals surface area contributed by atoms with Crippen LogP contribution in [0.5, 0.6) is 0 Å². The Hall–Kier alpha value is -0.580. The van der Waals surface area contributed by atoms with Gasteiger partial charge in [-0.2, -0.15) is 5.10 Å². The van der Waals surface area contributed by atoms with Crippen molar-refractivity contribution in [2.45, 2.75) is 57.8 Å². The maximum atomic E-state index is 4.37. The topological polar surface area (TPSA) is 33.1 Å². The number of aryl methyl sites for hydroxylation is 1. The van der Waals surface area contributed by atoms with Gasteiger partial charge in [0.25, 0.3) is 0 Å². The third-order valence-corrected chi connectivity index (χ3v) is 4.15. The molecule has 3 rings (SSSR count). The molecule has 1 atom stereocenters. The second-order valence-corrected chi connectivity index (χ2v) is 5.59. The summed E-state index contributed by atoms with van der Waals surface area (Å²) in [6.45, 7) is 6.62. The predicted octanol–water partition coefficient (Wildman–Crippen LogP) is 2.04. The van der Waals surface area contributed by atoms with Crippen molar-refractivity contribution < 1.29 is 0 Å². The molecule has 2 aliphatic rings. The summed E-state index contributed by atoms with van der Waals surface area (Å²) in [6, 6.07) is 3.71. The smallest absolute Gasteiger partial charge is 0.0524 e. The van der Waals surface area contributed by atoms with Crippen LogP contribution in [-0.4, -0.2) is 39.9 Å². The molecular formula is C14H25ClN4. The fourth-order valence-corrected chi connectivity index (χ4v) is 2.97. The van der Waals surface area contributed by atoms with Crippen molar-refractivity contribution in [2.75, 3.05) is 13.1 Å². The number of hydrogen-bond acceptors (Lipinski definition) is 3.